The first-order valence-electron chi connectivity index (χ1n) is 15.1. The summed E-state index contributed by atoms with van der Waals surface area (Å²) in [4.78, 5) is 26.0. The van der Waals surface area contributed by atoms with Crippen LogP contribution in [-0.4, -0.2) is 67.9 Å². The SMILES string of the molecule is Cc1ccc(N(C(=O)N(C)C)c2ccc3c(c2)ncn3-c2ccc([C@H](C)O[Si](C)(C)C(C)(C)C)c(-n3nc(C#N)cc3C)n2)nn1. The van der Waals surface area contributed by atoms with Crippen molar-refractivity contribution in [2.45, 2.75) is 65.8 Å². The monoisotopic (exact) mass is 636 g/mol. The molecule has 0 fully saturated rings. The lowest BCUT2D eigenvalue weighted by Gasteiger charge is -2.38. The smallest absolute Gasteiger partial charge is 0.329 e. The van der Waals surface area contributed by atoms with Crippen molar-refractivity contribution >= 4 is 36.9 Å². The van der Waals surface area contributed by atoms with Gasteiger partial charge in [-0.15, -0.1) is 5.10 Å². The minimum atomic E-state index is -2.11. The highest BCUT2D eigenvalue weighted by Crippen LogP contribution is 2.40. The third kappa shape index (κ3) is 6.13. The molecule has 5 rings (SSSR count). The molecule has 0 aliphatic heterocycles. The second-order valence-corrected chi connectivity index (χ2v) is 17.9. The zero-order valence-corrected chi connectivity index (χ0v) is 29.1. The van der Waals surface area contributed by atoms with Crippen LogP contribution in [0.4, 0.5) is 16.3 Å². The molecule has 0 saturated carbocycles. The number of hydrogen-bond acceptors (Lipinski definition) is 8. The molecule has 0 aliphatic rings. The van der Waals surface area contributed by atoms with Crippen molar-refractivity contribution in [3.63, 3.8) is 0 Å². The van der Waals surface area contributed by atoms with Gasteiger partial charge in [0.25, 0.3) is 0 Å². The van der Waals surface area contributed by atoms with Gasteiger partial charge in [-0.25, -0.2) is 24.3 Å². The lowest BCUT2D eigenvalue weighted by Crippen LogP contribution is -2.41. The van der Waals surface area contributed by atoms with Crippen molar-refractivity contribution in [3.8, 4) is 17.7 Å². The van der Waals surface area contributed by atoms with E-state index in [1.165, 1.54) is 9.80 Å². The Morgan fingerprint density at radius 1 is 1.04 bits per heavy atom. The Morgan fingerprint density at radius 3 is 2.39 bits per heavy atom. The number of hydrogen-bond donors (Lipinski definition) is 0. The second kappa shape index (κ2) is 12.1. The van der Waals surface area contributed by atoms with Gasteiger partial charge in [0, 0.05) is 25.4 Å². The fraction of sp³-hybridized carbons (Fsp3) is 0.364. The molecule has 5 aromatic rings. The molecule has 1 atom stereocenters. The van der Waals surface area contributed by atoms with E-state index in [1.54, 1.807) is 37.2 Å². The Labute approximate surface area is 270 Å². The molecule has 46 heavy (non-hydrogen) atoms. The summed E-state index contributed by atoms with van der Waals surface area (Å²) in [6.07, 6.45) is 1.44. The Morgan fingerprint density at radius 2 is 1.78 bits per heavy atom. The highest BCUT2D eigenvalue weighted by Gasteiger charge is 2.39. The van der Waals surface area contributed by atoms with Crippen molar-refractivity contribution in [3.05, 3.63) is 77.5 Å². The maximum absolute atomic E-state index is 13.3. The summed E-state index contributed by atoms with van der Waals surface area (Å²) in [7, 11) is 1.27. The zero-order chi connectivity index (χ0) is 33.6. The van der Waals surface area contributed by atoms with Crippen molar-refractivity contribution in [1.29, 1.82) is 5.26 Å². The van der Waals surface area contributed by atoms with Gasteiger partial charge in [-0.2, -0.15) is 15.5 Å². The number of aryl methyl sites for hydroxylation is 2. The number of carbonyl (C=O) groups excluding carboxylic acids is 1. The van der Waals surface area contributed by atoms with Crippen LogP contribution >= 0.6 is 0 Å². The minimum absolute atomic E-state index is 0.0255. The molecule has 0 spiro atoms. The molecular weight excluding hydrogens is 597 g/mol. The average Bonchev–Trinajstić information content (AvgIpc) is 3.60. The van der Waals surface area contributed by atoms with Crippen LogP contribution in [0.5, 0.6) is 0 Å². The number of fused-ring (bicyclic) bond motifs is 1. The number of nitriles is 1. The molecule has 12 nitrogen and oxygen atoms in total. The highest BCUT2D eigenvalue weighted by molar-refractivity contribution is 6.74. The standard InChI is InChI=1S/C33H40N10O2Si/c1-21-11-15-30(38-37-21)42(32(44)40(7)8)25-12-14-28-27(18-25)35-20-41(28)29-16-13-26(23(3)45-46(9,10)33(4,5)6)31(36-29)43-22(2)17-24(19-34)39-43/h11-18,20,23H,1-10H3/t23-/m0/s1. The van der Waals surface area contributed by atoms with Crippen LogP contribution in [0.25, 0.3) is 22.7 Å². The van der Waals surface area contributed by atoms with Crippen LogP contribution in [0, 0.1) is 25.2 Å². The number of amides is 2. The average molecular weight is 637 g/mol. The Bertz CT molecular complexity index is 1950. The number of carbonyl (C=O) groups is 1. The molecule has 4 heterocycles. The molecule has 13 heteroatoms. The lowest BCUT2D eigenvalue weighted by molar-refractivity contribution is 0.202. The molecule has 1 aromatic carbocycles. The molecule has 0 saturated heterocycles. The van der Waals surface area contributed by atoms with Gasteiger partial charge in [0.05, 0.1) is 28.5 Å². The van der Waals surface area contributed by atoms with Crippen molar-refractivity contribution in [2.75, 3.05) is 19.0 Å². The molecule has 0 radical (unpaired) electrons. The number of pyridine rings is 1. The Kier molecular flexibility index (Phi) is 8.54. The molecular formula is C33H40N10O2Si. The quantitative estimate of drug-likeness (QED) is 0.179. The fourth-order valence-corrected chi connectivity index (χ4v) is 6.24. The minimum Gasteiger partial charge on any atom is -0.410 e. The van der Waals surface area contributed by atoms with E-state index in [4.69, 9.17) is 9.41 Å². The fourth-order valence-electron chi connectivity index (χ4n) is 4.87. The molecule has 4 aromatic heterocycles. The topological polar surface area (TPSA) is 131 Å². The Hall–Kier alpha value is -4.93. The molecule has 0 bridgehead atoms. The van der Waals surface area contributed by atoms with Gasteiger partial charge in [-0.3, -0.25) is 4.57 Å². The van der Waals surface area contributed by atoms with E-state index < -0.39 is 8.32 Å². The first-order valence-corrected chi connectivity index (χ1v) is 18.0. The van der Waals surface area contributed by atoms with E-state index in [9.17, 15) is 10.1 Å². The number of anilines is 2. The maximum atomic E-state index is 13.3. The number of aromatic nitrogens is 7. The van der Waals surface area contributed by atoms with Crippen LogP contribution in [-0.2, 0) is 4.43 Å². The van der Waals surface area contributed by atoms with Gasteiger partial charge < -0.3 is 9.33 Å². The van der Waals surface area contributed by atoms with Crippen molar-refractivity contribution in [2.24, 2.45) is 0 Å². The van der Waals surface area contributed by atoms with Crippen LogP contribution in [0.1, 0.15) is 56.4 Å². The van der Waals surface area contributed by atoms with E-state index in [0.29, 0.717) is 34.4 Å². The van der Waals surface area contributed by atoms with Crippen LogP contribution < -0.4 is 4.90 Å². The summed E-state index contributed by atoms with van der Waals surface area (Å²) in [5.74, 6) is 1.61. The van der Waals surface area contributed by atoms with Gasteiger partial charge in [0.1, 0.15) is 18.2 Å². The summed E-state index contributed by atoms with van der Waals surface area (Å²) in [5, 5.41) is 22.5. The molecule has 0 unspecified atom stereocenters. The van der Waals surface area contributed by atoms with Gasteiger partial charge in [-0.1, -0.05) is 20.8 Å². The zero-order valence-electron chi connectivity index (χ0n) is 28.1. The summed E-state index contributed by atoms with van der Waals surface area (Å²) in [5.41, 5.74) is 4.78. The maximum Gasteiger partial charge on any atom is 0.329 e. The third-order valence-electron chi connectivity index (χ3n) is 8.43. The summed E-state index contributed by atoms with van der Waals surface area (Å²) >= 11 is 0. The van der Waals surface area contributed by atoms with Crippen LogP contribution in [0.2, 0.25) is 18.1 Å². The molecule has 0 aliphatic carbocycles. The van der Waals surface area contributed by atoms with E-state index in [-0.39, 0.29) is 17.2 Å². The van der Waals surface area contributed by atoms with Gasteiger partial charge in [0.2, 0.25) is 0 Å². The van der Waals surface area contributed by atoms with Crippen LogP contribution in [0.15, 0.2) is 54.9 Å². The largest absolute Gasteiger partial charge is 0.410 e. The van der Waals surface area contributed by atoms with E-state index in [1.807, 2.05) is 61.7 Å². The molecule has 2 amide bonds. The predicted octanol–water partition coefficient (Wildman–Crippen LogP) is 6.79. The van der Waals surface area contributed by atoms with Gasteiger partial charge in [-0.05, 0) is 87.4 Å². The van der Waals surface area contributed by atoms with Crippen LogP contribution in [0.3, 0.4) is 0 Å². The second-order valence-electron chi connectivity index (χ2n) is 13.1. The van der Waals surface area contributed by atoms with E-state index >= 15 is 0 Å². The molecule has 0 N–H and O–H groups in total. The summed E-state index contributed by atoms with van der Waals surface area (Å²) < 4.78 is 10.4. The number of nitrogens with zero attached hydrogens (tertiary/aromatic N) is 10. The van der Waals surface area contributed by atoms with E-state index in [0.717, 1.165) is 22.5 Å². The van der Waals surface area contributed by atoms with Gasteiger partial charge in [0.15, 0.2) is 25.6 Å². The number of urea groups is 1. The van der Waals surface area contributed by atoms with Crippen molar-refractivity contribution < 1.29 is 9.22 Å². The highest BCUT2D eigenvalue weighted by atomic mass is 28.4. The number of rotatable bonds is 7. The molecule has 238 valence electrons. The van der Waals surface area contributed by atoms with Crippen molar-refractivity contribution in [1.82, 2.24) is 39.4 Å². The normalized spacial score (nSPS) is 12.6. The Balaban J connectivity index is 1.60. The predicted molar refractivity (Wildman–Crippen MR) is 180 cm³/mol. The first kappa shape index (κ1) is 32.5. The van der Waals surface area contributed by atoms with Gasteiger partial charge >= 0.3 is 6.03 Å². The number of imidazole rings is 1. The third-order valence-corrected chi connectivity index (χ3v) is 13.0. The summed E-state index contributed by atoms with van der Waals surface area (Å²) in [6.45, 7) is 16.9. The summed E-state index contributed by atoms with van der Waals surface area (Å²) in [6, 6.07) is 16.7. The first-order chi connectivity index (χ1) is 21.6. The number of benzene rings is 1. The lowest BCUT2D eigenvalue weighted by atomic mass is 10.1. The van der Waals surface area contributed by atoms with E-state index in [2.05, 4.69) is 60.2 Å².